The molecule has 0 saturated carbocycles. The van der Waals surface area contributed by atoms with E-state index in [1.807, 2.05) is 35.2 Å². The number of piperidine rings is 1. The summed E-state index contributed by atoms with van der Waals surface area (Å²) in [6.07, 6.45) is -6.87. The SMILES string of the molecule is CN(C)C(=O)COC(=O)c1ccc(N2CCN(C(=O)[C@@H](Cc3cc(Cl)c(N)c(C(F)(F)F)c3)OC(=O)N3CCC(n4nc(-c5ccccc5)[nH]c4=O)CC3)CC2)cc1. The highest BCUT2D eigenvalue weighted by Crippen LogP contribution is 2.38. The standard InChI is InChI=1S/C39H42ClF3N8O7/c1-47(2)32(52)23-57-36(54)26-8-10-27(11-9-26)48-16-18-49(19-17-48)35(53)31(22-24-20-29(39(41,42)43)33(44)30(40)21-24)58-38(56)50-14-12-28(13-15-50)51-37(55)45-34(46-51)25-6-4-3-5-7-25/h3-11,20-21,28,31H,12-19,22-23,44H2,1-2H3,(H,45,46,55)/t31-/m1/s1. The van der Waals surface area contributed by atoms with E-state index in [1.165, 1.54) is 25.4 Å². The van der Waals surface area contributed by atoms with E-state index in [1.54, 1.807) is 38.4 Å². The number of carbonyl (C=O) groups excluding carboxylic acids is 4. The number of likely N-dealkylation sites (N-methyl/N-ethyl adjacent to an activating group) is 1. The Kier molecular flexibility index (Phi) is 12.6. The van der Waals surface area contributed by atoms with Gasteiger partial charge in [-0.3, -0.25) is 14.6 Å². The maximum absolute atomic E-state index is 14.1. The molecule has 58 heavy (non-hydrogen) atoms. The van der Waals surface area contributed by atoms with Crippen molar-refractivity contribution in [3.63, 3.8) is 0 Å². The Morgan fingerprint density at radius 3 is 2.22 bits per heavy atom. The zero-order chi connectivity index (χ0) is 41.7. The number of nitrogen functional groups attached to an aromatic ring is 1. The highest BCUT2D eigenvalue weighted by Gasteiger charge is 2.37. The number of hydrogen-bond donors (Lipinski definition) is 2. The number of likely N-dealkylation sites (tertiary alicyclic amines) is 1. The van der Waals surface area contributed by atoms with Crippen molar-refractivity contribution in [2.75, 3.05) is 70.6 Å². The maximum Gasteiger partial charge on any atom is 0.418 e. The molecule has 3 aromatic carbocycles. The number of ether oxygens (including phenoxy) is 2. The number of piperazine rings is 1. The largest absolute Gasteiger partial charge is 0.452 e. The van der Waals surface area contributed by atoms with Crippen molar-refractivity contribution in [2.45, 2.75) is 37.6 Å². The van der Waals surface area contributed by atoms with Crippen LogP contribution in [-0.4, -0.2) is 119 Å². The molecule has 308 valence electrons. The molecule has 2 aliphatic heterocycles. The van der Waals surface area contributed by atoms with Gasteiger partial charge in [0.1, 0.15) is 0 Å². The van der Waals surface area contributed by atoms with Gasteiger partial charge in [-0.1, -0.05) is 41.9 Å². The van der Waals surface area contributed by atoms with E-state index in [0.29, 0.717) is 31.8 Å². The molecule has 2 saturated heterocycles. The minimum Gasteiger partial charge on any atom is -0.452 e. The Balaban J connectivity index is 1.12. The van der Waals surface area contributed by atoms with Crippen LogP contribution in [0.2, 0.25) is 5.02 Å². The number of nitrogens with one attached hydrogen (secondary N) is 1. The Bertz CT molecular complexity index is 2180. The van der Waals surface area contributed by atoms with Crippen LogP contribution in [0.4, 0.5) is 29.3 Å². The smallest absolute Gasteiger partial charge is 0.418 e. The molecule has 2 aliphatic rings. The Morgan fingerprint density at radius 1 is 0.948 bits per heavy atom. The molecule has 15 nitrogen and oxygen atoms in total. The molecule has 1 aromatic heterocycles. The second kappa shape index (κ2) is 17.6. The monoisotopic (exact) mass is 826 g/mol. The zero-order valence-electron chi connectivity index (χ0n) is 31.7. The molecular weight excluding hydrogens is 785 g/mol. The van der Waals surface area contributed by atoms with Gasteiger partial charge in [0, 0.05) is 71.0 Å². The average molecular weight is 827 g/mol. The van der Waals surface area contributed by atoms with Gasteiger partial charge in [-0.25, -0.2) is 19.1 Å². The van der Waals surface area contributed by atoms with Crippen LogP contribution in [0.15, 0.2) is 71.5 Å². The lowest BCUT2D eigenvalue weighted by Gasteiger charge is -2.38. The predicted molar refractivity (Wildman–Crippen MR) is 207 cm³/mol. The number of aromatic nitrogens is 3. The van der Waals surface area contributed by atoms with E-state index < -0.39 is 60.2 Å². The van der Waals surface area contributed by atoms with Crippen molar-refractivity contribution < 1.29 is 41.8 Å². The molecule has 0 bridgehead atoms. The van der Waals surface area contributed by atoms with E-state index in [9.17, 15) is 37.1 Å². The number of aromatic amines is 1. The summed E-state index contributed by atoms with van der Waals surface area (Å²) < 4.78 is 53.8. The van der Waals surface area contributed by atoms with Crippen LogP contribution in [0.5, 0.6) is 0 Å². The fourth-order valence-corrected chi connectivity index (χ4v) is 7.00. The molecule has 3 amide bonds. The quantitative estimate of drug-likeness (QED) is 0.171. The number of nitrogens with two attached hydrogens (primary N) is 1. The number of amides is 3. The number of hydrogen-bond acceptors (Lipinski definition) is 10. The normalized spacial score (nSPS) is 15.5. The second-order valence-corrected chi connectivity index (χ2v) is 14.6. The number of benzene rings is 3. The minimum atomic E-state index is -4.83. The van der Waals surface area contributed by atoms with E-state index >= 15 is 0 Å². The lowest BCUT2D eigenvalue weighted by molar-refractivity contribution is -0.141. The molecule has 0 aliphatic carbocycles. The lowest BCUT2D eigenvalue weighted by Crippen LogP contribution is -2.53. The van der Waals surface area contributed by atoms with E-state index in [2.05, 4.69) is 10.1 Å². The third-order valence-corrected chi connectivity index (χ3v) is 10.4. The maximum atomic E-state index is 14.1. The number of rotatable bonds is 10. The lowest BCUT2D eigenvalue weighted by atomic mass is 10.0. The number of anilines is 2. The summed E-state index contributed by atoms with van der Waals surface area (Å²) in [5.74, 6) is -1.21. The van der Waals surface area contributed by atoms with E-state index in [0.717, 1.165) is 17.3 Å². The topological polar surface area (TPSA) is 176 Å². The Hall–Kier alpha value is -6.04. The van der Waals surface area contributed by atoms with Crippen molar-refractivity contribution in [1.29, 1.82) is 0 Å². The first-order chi connectivity index (χ1) is 27.6. The first-order valence-corrected chi connectivity index (χ1v) is 18.8. The van der Waals surface area contributed by atoms with Gasteiger partial charge in [-0.15, -0.1) is 5.10 Å². The zero-order valence-corrected chi connectivity index (χ0v) is 32.5. The van der Waals surface area contributed by atoms with Gasteiger partial charge in [-0.2, -0.15) is 13.2 Å². The predicted octanol–water partition coefficient (Wildman–Crippen LogP) is 4.47. The first-order valence-electron chi connectivity index (χ1n) is 18.4. The third kappa shape index (κ3) is 9.73. The minimum absolute atomic E-state index is 0.00755. The fourth-order valence-electron chi connectivity index (χ4n) is 6.76. The van der Waals surface area contributed by atoms with Crippen molar-refractivity contribution in [1.82, 2.24) is 29.5 Å². The van der Waals surface area contributed by atoms with Gasteiger partial charge in [0.25, 0.3) is 11.8 Å². The number of esters is 1. The Labute approximate surface area is 336 Å². The van der Waals surface area contributed by atoms with Gasteiger partial charge in [0.2, 0.25) is 0 Å². The van der Waals surface area contributed by atoms with Gasteiger partial charge in [-0.05, 0) is 54.8 Å². The average Bonchev–Trinajstić information content (AvgIpc) is 3.61. The molecule has 0 radical (unpaired) electrons. The number of alkyl halides is 3. The van der Waals surface area contributed by atoms with Crippen molar-refractivity contribution in [3.8, 4) is 11.4 Å². The summed E-state index contributed by atoms with van der Waals surface area (Å²) >= 11 is 6.10. The van der Waals surface area contributed by atoms with E-state index in [-0.39, 0.29) is 54.3 Å². The molecule has 3 heterocycles. The van der Waals surface area contributed by atoms with Crippen molar-refractivity contribution >= 4 is 46.9 Å². The highest BCUT2D eigenvalue weighted by molar-refractivity contribution is 6.33. The van der Waals surface area contributed by atoms with Crippen LogP contribution in [-0.2, 0) is 31.7 Å². The van der Waals surface area contributed by atoms with Crippen LogP contribution in [0.1, 0.15) is 40.4 Å². The van der Waals surface area contributed by atoms with Crippen LogP contribution < -0.4 is 16.3 Å². The number of nitrogens with zero attached hydrogens (tertiary/aromatic N) is 6. The molecule has 0 spiro atoms. The number of carbonyl (C=O) groups is 4. The van der Waals surface area contributed by atoms with Crippen LogP contribution in [0.25, 0.3) is 11.4 Å². The Morgan fingerprint density at radius 2 is 1.60 bits per heavy atom. The summed E-state index contributed by atoms with van der Waals surface area (Å²) in [7, 11) is 3.10. The number of H-pyrrole nitrogens is 1. The first kappa shape index (κ1) is 41.6. The van der Waals surface area contributed by atoms with E-state index in [4.69, 9.17) is 26.8 Å². The summed E-state index contributed by atoms with van der Waals surface area (Å²) in [5.41, 5.74) is 5.16. The van der Waals surface area contributed by atoms with Crippen molar-refractivity contribution in [2.24, 2.45) is 0 Å². The summed E-state index contributed by atoms with van der Waals surface area (Å²) in [6.45, 7) is 1.02. The molecule has 4 aromatic rings. The van der Waals surface area contributed by atoms with Crippen LogP contribution >= 0.6 is 11.6 Å². The molecule has 19 heteroatoms. The second-order valence-electron chi connectivity index (χ2n) is 14.1. The summed E-state index contributed by atoms with van der Waals surface area (Å²) in [6, 6.07) is 17.4. The van der Waals surface area contributed by atoms with Crippen molar-refractivity contribution in [3.05, 3.63) is 98.9 Å². The molecule has 1 atom stereocenters. The summed E-state index contributed by atoms with van der Waals surface area (Å²) in [5, 5.41) is 4.11. The van der Waals surface area contributed by atoms with Gasteiger partial charge >= 0.3 is 23.9 Å². The van der Waals surface area contributed by atoms with Crippen LogP contribution in [0, 0.1) is 0 Å². The summed E-state index contributed by atoms with van der Waals surface area (Å²) in [4.78, 5) is 73.5. The van der Waals surface area contributed by atoms with Gasteiger partial charge < -0.3 is 34.8 Å². The van der Waals surface area contributed by atoms with Gasteiger partial charge in [0.05, 0.1) is 27.9 Å². The highest BCUT2D eigenvalue weighted by atomic mass is 35.5. The molecular formula is C39H42ClF3N8O7. The molecule has 6 rings (SSSR count). The third-order valence-electron chi connectivity index (χ3n) is 10.1. The molecule has 0 unspecified atom stereocenters. The molecule has 2 fully saturated rings. The fraction of sp³-hybridized carbons (Fsp3) is 0.385. The number of halogens is 4. The van der Waals surface area contributed by atoms with Gasteiger partial charge in [0.15, 0.2) is 18.5 Å². The molecule has 3 N–H and O–H groups in total. The van der Waals surface area contributed by atoms with Crippen LogP contribution in [0.3, 0.4) is 0 Å².